The molecule has 2 aliphatic rings. The summed E-state index contributed by atoms with van der Waals surface area (Å²) < 4.78 is 0. The largest absolute Gasteiger partial charge is 0.369 e. The molecule has 0 saturated carbocycles. The van der Waals surface area contributed by atoms with Crippen LogP contribution in [0.3, 0.4) is 0 Å². The standard InChI is InChI=1S/C21H27N5O/c1-24-11-13-25(14-12-24)19-6-4-17(5-7-19)21(27)26-10-2-3-18(15-26)20-8-9-22-16-23-20/h4-9,16,18H,2-3,10-15H2,1H3. The normalized spacial score (nSPS) is 21.3. The van der Waals surface area contributed by atoms with Gasteiger partial charge in [0.05, 0.1) is 0 Å². The van der Waals surface area contributed by atoms with Crippen LogP contribution in [0.25, 0.3) is 0 Å². The lowest BCUT2D eigenvalue weighted by Crippen LogP contribution is -2.44. The van der Waals surface area contributed by atoms with Gasteiger partial charge in [-0.15, -0.1) is 0 Å². The summed E-state index contributed by atoms with van der Waals surface area (Å²) in [6.45, 7) is 5.79. The number of likely N-dealkylation sites (tertiary alicyclic amines) is 1. The molecular weight excluding hydrogens is 338 g/mol. The van der Waals surface area contributed by atoms with Crippen molar-refractivity contribution in [1.29, 1.82) is 0 Å². The van der Waals surface area contributed by atoms with Crippen LogP contribution in [0.4, 0.5) is 5.69 Å². The summed E-state index contributed by atoms with van der Waals surface area (Å²) in [4.78, 5) is 28.1. The Hall–Kier alpha value is -2.47. The van der Waals surface area contributed by atoms with Gasteiger partial charge in [0.2, 0.25) is 0 Å². The van der Waals surface area contributed by atoms with E-state index < -0.39 is 0 Å². The number of piperidine rings is 1. The molecule has 0 aliphatic carbocycles. The van der Waals surface area contributed by atoms with Gasteiger partial charge < -0.3 is 14.7 Å². The van der Waals surface area contributed by atoms with Gasteiger partial charge in [0.1, 0.15) is 6.33 Å². The van der Waals surface area contributed by atoms with Crippen molar-refractivity contribution in [2.24, 2.45) is 0 Å². The number of nitrogens with zero attached hydrogens (tertiary/aromatic N) is 5. The fourth-order valence-corrected chi connectivity index (χ4v) is 4.01. The molecular formula is C21H27N5O. The minimum atomic E-state index is 0.124. The zero-order chi connectivity index (χ0) is 18.6. The highest BCUT2D eigenvalue weighted by molar-refractivity contribution is 5.94. The van der Waals surface area contributed by atoms with Gasteiger partial charge in [-0.1, -0.05) is 0 Å². The van der Waals surface area contributed by atoms with E-state index in [9.17, 15) is 4.79 Å². The van der Waals surface area contributed by atoms with Gasteiger partial charge in [0.15, 0.2) is 0 Å². The van der Waals surface area contributed by atoms with Crippen LogP contribution in [0, 0.1) is 0 Å². The first-order chi connectivity index (χ1) is 13.2. The number of amides is 1. The molecule has 0 spiro atoms. The highest BCUT2D eigenvalue weighted by Crippen LogP contribution is 2.26. The number of likely N-dealkylation sites (N-methyl/N-ethyl adjacent to an activating group) is 1. The van der Waals surface area contributed by atoms with Crippen molar-refractivity contribution < 1.29 is 4.79 Å². The molecule has 0 radical (unpaired) electrons. The molecule has 1 atom stereocenters. The lowest BCUT2D eigenvalue weighted by Gasteiger charge is -2.34. The van der Waals surface area contributed by atoms with Crippen LogP contribution in [0.5, 0.6) is 0 Å². The first-order valence-corrected chi connectivity index (χ1v) is 9.79. The van der Waals surface area contributed by atoms with Crippen molar-refractivity contribution in [3.63, 3.8) is 0 Å². The van der Waals surface area contributed by atoms with Crippen LogP contribution in [0.1, 0.15) is 34.8 Å². The van der Waals surface area contributed by atoms with Crippen molar-refractivity contribution in [1.82, 2.24) is 19.8 Å². The second-order valence-corrected chi connectivity index (χ2v) is 7.56. The maximum atomic E-state index is 13.0. The molecule has 4 rings (SSSR count). The van der Waals surface area contributed by atoms with Crippen molar-refractivity contribution in [3.05, 3.63) is 54.1 Å². The van der Waals surface area contributed by atoms with Gasteiger partial charge in [-0.2, -0.15) is 0 Å². The van der Waals surface area contributed by atoms with Crippen LogP contribution in [-0.2, 0) is 0 Å². The molecule has 1 unspecified atom stereocenters. The molecule has 1 aromatic heterocycles. The fraction of sp³-hybridized carbons (Fsp3) is 0.476. The second kappa shape index (κ2) is 8.05. The Morgan fingerprint density at radius 3 is 2.52 bits per heavy atom. The molecule has 0 N–H and O–H groups in total. The Morgan fingerprint density at radius 1 is 1.04 bits per heavy atom. The number of rotatable bonds is 3. The quantitative estimate of drug-likeness (QED) is 0.835. The van der Waals surface area contributed by atoms with E-state index in [0.29, 0.717) is 5.92 Å². The monoisotopic (exact) mass is 365 g/mol. The Labute approximate surface area is 160 Å². The van der Waals surface area contributed by atoms with E-state index in [4.69, 9.17) is 0 Å². The molecule has 6 heteroatoms. The Balaban J connectivity index is 1.41. The molecule has 2 fully saturated rings. The lowest BCUT2D eigenvalue weighted by molar-refractivity contribution is 0.0706. The summed E-state index contributed by atoms with van der Waals surface area (Å²) >= 11 is 0. The number of piperazine rings is 1. The summed E-state index contributed by atoms with van der Waals surface area (Å²) in [5, 5.41) is 0. The summed E-state index contributed by atoms with van der Waals surface area (Å²) in [6.07, 6.45) is 5.45. The van der Waals surface area contributed by atoms with Crippen molar-refractivity contribution in [2.75, 3.05) is 51.2 Å². The van der Waals surface area contributed by atoms with Crippen molar-refractivity contribution >= 4 is 11.6 Å². The van der Waals surface area contributed by atoms with Gasteiger partial charge in [-0.25, -0.2) is 9.97 Å². The predicted octanol–water partition coefficient (Wildman–Crippen LogP) is 2.25. The number of hydrogen-bond donors (Lipinski definition) is 0. The number of carbonyl (C=O) groups is 1. The topological polar surface area (TPSA) is 52.6 Å². The highest BCUT2D eigenvalue weighted by atomic mass is 16.2. The Bertz CT molecular complexity index is 756. The summed E-state index contributed by atoms with van der Waals surface area (Å²) in [5.74, 6) is 0.425. The number of aromatic nitrogens is 2. The third-order valence-corrected chi connectivity index (χ3v) is 5.71. The van der Waals surface area contributed by atoms with E-state index >= 15 is 0 Å². The predicted molar refractivity (Wildman–Crippen MR) is 106 cm³/mol. The molecule has 2 aliphatic heterocycles. The third-order valence-electron chi connectivity index (χ3n) is 5.71. The van der Waals surface area contributed by atoms with Gasteiger partial charge in [0.25, 0.3) is 5.91 Å². The average molecular weight is 365 g/mol. The smallest absolute Gasteiger partial charge is 0.253 e. The molecule has 3 heterocycles. The average Bonchev–Trinajstić information content (AvgIpc) is 2.75. The zero-order valence-electron chi connectivity index (χ0n) is 15.9. The minimum absolute atomic E-state index is 0.124. The van der Waals surface area contributed by atoms with E-state index in [1.54, 1.807) is 12.5 Å². The minimum Gasteiger partial charge on any atom is -0.369 e. The van der Waals surface area contributed by atoms with E-state index in [0.717, 1.165) is 63.4 Å². The number of benzene rings is 1. The summed E-state index contributed by atoms with van der Waals surface area (Å²) in [7, 11) is 2.16. The molecule has 1 amide bonds. The molecule has 142 valence electrons. The maximum absolute atomic E-state index is 13.0. The van der Waals surface area contributed by atoms with Crippen molar-refractivity contribution in [3.8, 4) is 0 Å². The number of hydrogen-bond acceptors (Lipinski definition) is 5. The molecule has 6 nitrogen and oxygen atoms in total. The Kier molecular flexibility index (Phi) is 5.34. The molecule has 1 aromatic carbocycles. The first kappa shape index (κ1) is 17.9. The summed E-state index contributed by atoms with van der Waals surface area (Å²) in [6, 6.07) is 10.1. The zero-order valence-corrected chi connectivity index (χ0v) is 15.9. The van der Waals surface area contributed by atoms with Crippen LogP contribution in [-0.4, -0.2) is 72.0 Å². The van der Waals surface area contributed by atoms with E-state index in [1.165, 1.54) is 5.69 Å². The first-order valence-electron chi connectivity index (χ1n) is 9.79. The maximum Gasteiger partial charge on any atom is 0.253 e. The van der Waals surface area contributed by atoms with Gasteiger partial charge in [0, 0.05) is 68.3 Å². The van der Waals surface area contributed by atoms with Crippen molar-refractivity contribution in [2.45, 2.75) is 18.8 Å². The molecule has 2 aromatic rings. The van der Waals surface area contributed by atoms with E-state index in [1.807, 2.05) is 23.1 Å². The fourth-order valence-electron chi connectivity index (χ4n) is 4.01. The van der Waals surface area contributed by atoms with Gasteiger partial charge in [-0.3, -0.25) is 4.79 Å². The summed E-state index contributed by atoms with van der Waals surface area (Å²) in [5.41, 5.74) is 3.02. The van der Waals surface area contributed by atoms with Gasteiger partial charge >= 0.3 is 0 Å². The van der Waals surface area contributed by atoms with E-state index in [2.05, 4.69) is 38.9 Å². The lowest BCUT2D eigenvalue weighted by atomic mass is 9.94. The van der Waals surface area contributed by atoms with Gasteiger partial charge in [-0.05, 0) is 50.2 Å². The second-order valence-electron chi connectivity index (χ2n) is 7.56. The Morgan fingerprint density at radius 2 is 1.81 bits per heavy atom. The van der Waals surface area contributed by atoms with E-state index in [-0.39, 0.29) is 5.91 Å². The van der Waals surface area contributed by atoms with Crippen LogP contribution >= 0.6 is 0 Å². The van der Waals surface area contributed by atoms with Crippen LogP contribution in [0.15, 0.2) is 42.9 Å². The molecule has 2 saturated heterocycles. The van der Waals surface area contributed by atoms with Crippen LogP contribution < -0.4 is 4.90 Å². The number of anilines is 1. The van der Waals surface area contributed by atoms with Crippen LogP contribution in [0.2, 0.25) is 0 Å². The SMILES string of the molecule is CN1CCN(c2ccc(C(=O)N3CCCC(c4ccncn4)C3)cc2)CC1. The molecule has 0 bridgehead atoms. The third kappa shape index (κ3) is 4.11. The highest BCUT2D eigenvalue weighted by Gasteiger charge is 2.26. The molecule has 27 heavy (non-hydrogen) atoms. The number of carbonyl (C=O) groups excluding carboxylic acids is 1.